The Morgan fingerprint density at radius 2 is 2.36 bits per heavy atom. The van der Waals surface area contributed by atoms with Crippen molar-refractivity contribution >= 4 is 22.9 Å². The first-order valence-corrected chi connectivity index (χ1v) is 5.22. The SMILES string of the molecule is CC1(O)CN(C(=O)c2sccc2N)C1. The second kappa shape index (κ2) is 2.96. The van der Waals surface area contributed by atoms with Crippen LogP contribution in [0.2, 0.25) is 0 Å². The van der Waals surface area contributed by atoms with Crippen molar-refractivity contribution in [2.24, 2.45) is 0 Å². The zero-order valence-corrected chi connectivity index (χ0v) is 8.67. The highest BCUT2D eigenvalue weighted by atomic mass is 32.1. The fraction of sp³-hybridized carbons (Fsp3) is 0.444. The normalized spacial score (nSPS) is 19.1. The van der Waals surface area contributed by atoms with Crippen LogP contribution in [0.1, 0.15) is 16.6 Å². The topological polar surface area (TPSA) is 66.6 Å². The van der Waals surface area contributed by atoms with Gasteiger partial charge in [0.25, 0.3) is 5.91 Å². The Morgan fingerprint density at radius 1 is 1.71 bits per heavy atom. The molecule has 1 aliphatic rings. The van der Waals surface area contributed by atoms with Gasteiger partial charge in [0.05, 0.1) is 24.4 Å². The van der Waals surface area contributed by atoms with Gasteiger partial charge in [-0.05, 0) is 18.4 Å². The van der Waals surface area contributed by atoms with E-state index in [1.165, 1.54) is 11.3 Å². The van der Waals surface area contributed by atoms with E-state index in [9.17, 15) is 9.90 Å². The quantitative estimate of drug-likeness (QED) is 0.714. The maximum absolute atomic E-state index is 11.7. The molecule has 1 fully saturated rings. The number of nitrogen functional groups attached to an aromatic ring is 1. The van der Waals surface area contributed by atoms with Crippen molar-refractivity contribution in [3.05, 3.63) is 16.3 Å². The minimum absolute atomic E-state index is 0.0796. The summed E-state index contributed by atoms with van der Waals surface area (Å²) < 4.78 is 0. The molecule has 3 N–H and O–H groups in total. The minimum atomic E-state index is -0.721. The minimum Gasteiger partial charge on any atom is -0.397 e. The molecular weight excluding hydrogens is 200 g/mol. The van der Waals surface area contributed by atoms with Crippen molar-refractivity contribution in [3.63, 3.8) is 0 Å². The standard InChI is InChI=1S/C9H12N2O2S/c1-9(13)4-11(5-9)8(12)7-6(10)2-3-14-7/h2-3,13H,4-5,10H2,1H3. The van der Waals surface area contributed by atoms with Crippen LogP contribution in [0.3, 0.4) is 0 Å². The molecule has 1 saturated heterocycles. The number of aliphatic hydroxyl groups is 1. The molecule has 1 amide bonds. The smallest absolute Gasteiger partial charge is 0.266 e. The number of rotatable bonds is 1. The summed E-state index contributed by atoms with van der Waals surface area (Å²) in [6, 6.07) is 1.72. The number of anilines is 1. The van der Waals surface area contributed by atoms with Gasteiger partial charge >= 0.3 is 0 Å². The molecule has 5 heteroatoms. The zero-order valence-electron chi connectivity index (χ0n) is 7.86. The molecule has 0 unspecified atom stereocenters. The van der Waals surface area contributed by atoms with Crippen LogP contribution in [0.25, 0.3) is 0 Å². The fourth-order valence-corrected chi connectivity index (χ4v) is 2.34. The summed E-state index contributed by atoms with van der Waals surface area (Å²) in [5.41, 5.74) is 5.43. The molecule has 2 rings (SSSR count). The molecule has 1 aromatic heterocycles. The molecule has 1 aromatic rings. The number of nitrogens with zero attached hydrogens (tertiary/aromatic N) is 1. The molecule has 0 saturated carbocycles. The summed E-state index contributed by atoms with van der Waals surface area (Å²) in [6.07, 6.45) is 0. The number of thiophene rings is 1. The third-order valence-corrected chi connectivity index (χ3v) is 3.16. The van der Waals surface area contributed by atoms with Gasteiger partial charge in [0.15, 0.2) is 0 Å². The lowest BCUT2D eigenvalue weighted by Crippen LogP contribution is -2.61. The molecular formula is C9H12N2O2S. The Kier molecular flexibility index (Phi) is 2.01. The van der Waals surface area contributed by atoms with E-state index in [4.69, 9.17) is 5.73 Å². The number of hydrogen-bond donors (Lipinski definition) is 2. The highest BCUT2D eigenvalue weighted by Crippen LogP contribution is 2.26. The summed E-state index contributed by atoms with van der Waals surface area (Å²) in [5.74, 6) is -0.0796. The second-order valence-electron chi connectivity index (χ2n) is 3.86. The molecule has 2 heterocycles. The molecule has 14 heavy (non-hydrogen) atoms. The van der Waals surface area contributed by atoms with Crippen LogP contribution in [0.5, 0.6) is 0 Å². The van der Waals surface area contributed by atoms with Gasteiger partial charge in [0, 0.05) is 0 Å². The molecule has 0 radical (unpaired) electrons. The lowest BCUT2D eigenvalue weighted by Gasteiger charge is -2.43. The van der Waals surface area contributed by atoms with Crippen LogP contribution in [0, 0.1) is 0 Å². The number of hydrogen-bond acceptors (Lipinski definition) is 4. The number of amides is 1. The predicted octanol–water partition coefficient (Wildman–Crippen LogP) is 0.537. The van der Waals surface area contributed by atoms with E-state index in [-0.39, 0.29) is 5.91 Å². The second-order valence-corrected chi connectivity index (χ2v) is 4.78. The first-order valence-electron chi connectivity index (χ1n) is 4.34. The number of nitrogens with two attached hydrogens (primary N) is 1. The van der Waals surface area contributed by atoms with Crippen LogP contribution in [-0.4, -0.2) is 34.6 Å². The van der Waals surface area contributed by atoms with Crippen LogP contribution < -0.4 is 5.73 Å². The van der Waals surface area contributed by atoms with Crippen LogP contribution in [0.15, 0.2) is 11.4 Å². The van der Waals surface area contributed by atoms with Gasteiger partial charge in [-0.3, -0.25) is 4.79 Å². The average Bonchev–Trinajstić information content (AvgIpc) is 2.45. The van der Waals surface area contributed by atoms with Crippen molar-refractivity contribution in [2.45, 2.75) is 12.5 Å². The van der Waals surface area contributed by atoms with E-state index < -0.39 is 5.60 Å². The van der Waals surface area contributed by atoms with Crippen LogP contribution in [0.4, 0.5) is 5.69 Å². The van der Waals surface area contributed by atoms with E-state index >= 15 is 0 Å². The summed E-state index contributed by atoms with van der Waals surface area (Å²) in [5, 5.41) is 11.3. The molecule has 0 aromatic carbocycles. The third-order valence-electron chi connectivity index (χ3n) is 2.24. The van der Waals surface area contributed by atoms with Gasteiger partial charge in [-0.15, -0.1) is 11.3 Å². The van der Waals surface area contributed by atoms with Crippen molar-refractivity contribution in [3.8, 4) is 0 Å². The van der Waals surface area contributed by atoms with E-state index in [0.29, 0.717) is 23.7 Å². The summed E-state index contributed by atoms with van der Waals surface area (Å²) in [7, 11) is 0. The van der Waals surface area contributed by atoms with Gasteiger partial charge < -0.3 is 15.7 Å². The molecule has 0 aliphatic carbocycles. The number of β-amino-alcohol motifs (C(OH)–C–C–N with tert-alkyl or cyclic N) is 1. The largest absolute Gasteiger partial charge is 0.397 e. The van der Waals surface area contributed by atoms with Crippen molar-refractivity contribution < 1.29 is 9.90 Å². The summed E-state index contributed by atoms with van der Waals surface area (Å²) >= 11 is 1.34. The number of likely N-dealkylation sites (tertiary alicyclic amines) is 1. The highest BCUT2D eigenvalue weighted by molar-refractivity contribution is 7.12. The number of carbonyl (C=O) groups is 1. The van der Waals surface area contributed by atoms with Crippen molar-refractivity contribution in [2.75, 3.05) is 18.8 Å². The Balaban J connectivity index is 2.08. The van der Waals surface area contributed by atoms with Crippen molar-refractivity contribution in [1.29, 1.82) is 0 Å². The lowest BCUT2D eigenvalue weighted by atomic mass is 9.97. The highest BCUT2D eigenvalue weighted by Gasteiger charge is 2.40. The van der Waals surface area contributed by atoms with Gasteiger partial charge in [0.1, 0.15) is 4.88 Å². The summed E-state index contributed by atoms with van der Waals surface area (Å²) in [4.78, 5) is 13.9. The first-order chi connectivity index (χ1) is 6.49. The monoisotopic (exact) mass is 212 g/mol. The van der Waals surface area contributed by atoms with Crippen LogP contribution in [-0.2, 0) is 0 Å². The van der Waals surface area contributed by atoms with Gasteiger partial charge in [-0.2, -0.15) is 0 Å². The maximum Gasteiger partial charge on any atom is 0.266 e. The van der Waals surface area contributed by atoms with Crippen molar-refractivity contribution in [1.82, 2.24) is 4.90 Å². The maximum atomic E-state index is 11.7. The zero-order chi connectivity index (χ0) is 10.3. The molecule has 0 bridgehead atoms. The predicted molar refractivity (Wildman–Crippen MR) is 55.3 cm³/mol. The van der Waals surface area contributed by atoms with E-state index in [0.717, 1.165) is 0 Å². The molecule has 76 valence electrons. The first kappa shape index (κ1) is 9.48. The van der Waals surface area contributed by atoms with E-state index in [2.05, 4.69) is 0 Å². The van der Waals surface area contributed by atoms with Crippen LogP contribution >= 0.6 is 11.3 Å². The lowest BCUT2D eigenvalue weighted by molar-refractivity contribution is -0.0666. The Labute approximate surface area is 85.9 Å². The Bertz CT molecular complexity index is 365. The average molecular weight is 212 g/mol. The Morgan fingerprint density at radius 3 is 2.79 bits per heavy atom. The number of carbonyl (C=O) groups excluding carboxylic acids is 1. The van der Waals surface area contributed by atoms with E-state index in [1.807, 2.05) is 0 Å². The van der Waals surface area contributed by atoms with Gasteiger partial charge in [-0.1, -0.05) is 0 Å². The van der Waals surface area contributed by atoms with Gasteiger partial charge in [0.2, 0.25) is 0 Å². The summed E-state index contributed by atoms with van der Waals surface area (Å²) in [6.45, 7) is 2.50. The van der Waals surface area contributed by atoms with E-state index in [1.54, 1.807) is 23.3 Å². The third kappa shape index (κ3) is 1.49. The molecule has 1 aliphatic heterocycles. The fourth-order valence-electron chi connectivity index (χ4n) is 1.56. The molecule has 4 nitrogen and oxygen atoms in total. The Hall–Kier alpha value is -1.07. The molecule has 0 spiro atoms. The molecule has 0 atom stereocenters. The van der Waals surface area contributed by atoms with Gasteiger partial charge in [-0.25, -0.2) is 0 Å².